The van der Waals surface area contributed by atoms with Crippen molar-refractivity contribution in [3.63, 3.8) is 0 Å². The van der Waals surface area contributed by atoms with Crippen LogP contribution >= 0.6 is 15.9 Å². The third kappa shape index (κ3) is 1.31. The zero-order valence-electron chi connectivity index (χ0n) is 6.71. The molecule has 0 saturated carbocycles. The second kappa shape index (κ2) is 3.19. The highest BCUT2D eigenvalue weighted by atomic mass is 79.9. The molecule has 1 aromatic heterocycles. The van der Waals surface area contributed by atoms with Crippen LogP contribution in [0.25, 0.3) is 10.9 Å². The molecular weight excluding hydrogens is 230 g/mol. The molecule has 0 atom stereocenters. The first kappa shape index (κ1) is 8.27. The summed E-state index contributed by atoms with van der Waals surface area (Å²) in [5.41, 5.74) is 1.83. The molecule has 0 amide bonds. The predicted octanol–water partition coefficient (Wildman–Crippen LogP) is 2.39. The highest BCUT2D eigenvalue weighted by molar-refractivity contribution is 9.10. The maximum atomic E-state index is 8.59. The topological polar surface area (TPSA) is 52.5 Å². The van der Waals surface area contributed by atoms with E-state index in [4.69, 9.17) is 5.26 Å². The van der Waals surface area contributed by atoms with Crippen molar-refractivity contribution in [2.75, 3.05) is 0 Å². The zero-order valence-corrected chi connectivity index (χ0v) is 8.30. The van der Waals surface area contributed by atoms with E-state index in [0.29, 0.717) is 6.42 Å². The molecule has 0 spiro atoms. The quantitative estimate of drug-likeness (QED) is 0.826. The van der Waals surface area contributed by atoms with Crippen molar-refractivity contribution in [1.29, 1.82) is 5.26 Å². The average Bonchev–Trinajstić information content (AvgIpc) is 2.50. The lowest BCUT2D eigenvalue weighted by Crippen LogP contribution is -1.83. The lowest BCUT2D eigenvalue weighted by atomic mass is 10.1. The molecule has 1 aromatic carbocycles. The molecule has 1 heterocycles. The number of hydrogen-bond donors (Lipinski definition) is 1. The molecule has 2 rings (SSSR count). The van der Waals surface area contributed by atoms with E-state index >= 15 is 0 Å². The van der Waals surface area contributed by atoms with E-state index in [1.165, 1.54) is 0 Å². The Bertz CT molecular complexity index is 481. The number of nitrogens with one attached hydrogen (secondary N) is 1. The van der Waals surface area contributed by atoms with Crippen LogP contribution < -0.4 is 0 Å². The van der Waals surface area contributed by atoms with E-state index in [2.05, 4.69) is 32.2 Å². The van der Waals surface area contributed by atoms with Crippen LogP contribution in [0.1, 0.15) is 5.56 Å². The van der Waals surface area contributed by atoms with Gasteiger partial charge in [-0.15, -0.1) is 0 Å². The van der Waals surface area contributed by atoms with Gasteiger partial charge >= 0.3 is 0 Å². The summed E-state index contributed by atoms with van der Waals surface area (Å²) >= 11 is 3.35. The molecule has 0 fully saturated rings. The SMILES string of the molecule is N#CCc1cccc2c(Br)[nH]nc12. The standard InChI is InChI=1S/C9H6BrN3/c10-9-7-3-1-2-6(4-5-11)8(7)12-13-9/h1-3H,4H2,(H,12,13). The summed E-state index contributed by atoms with van der Waals surface area (Å²) in [7, 11) is 0. The summed E-state index contributed by atoms with van der Waals surface area (Å²) in [6.07, 6.45) is 0.397. The van der Waals surface area contributed by atoms with Gasteiger partial charge in [0.15, 0.2) is 0 Å². The van der Waals surface area contributed by atoms with E-state index in [1.807, 2.05) is 18.2 Å². The Hall–Kier alpha value is -1.34. The molecular formula is C9H6BrN3. The minimum atomic E-state index is 0.397. The van der Waals surface area contributed by atoms with E-state index in [1.54, 1.807) is 0 Å². The number of fused-ring (bicyclic) bond motifs is 1. The summed E-state index contributed by atoms with van der Waals surface area (Å²) in [6.45, 7) is 0. The van der Waals surface area contributed by atoms with Gasteiger partial charge in [0.05, 0.1) is 18.0 Å². The second-order valence-electron chi connectivity index (χ2n) is 2.69. The van der Waals surface area contributed by atoms with Crippen LogP contribution in [-0.4, -0.2) is 10.2 Å². The molecule has 13 heavy (non-hydrogen) atoms. The van der Waals surface area contributed by atoms with Gasteiger partial charge in [-0.3, -0.25) is 5.10 Å². The van der Waals surface area contributed by atoms with Crippen molar-refractivity contribution in [3.8, 4) is 6.07 Å². The number of benzene rings is 1. The Balaban J connectivity index is 2.71. The van der Waals surface area contributed by atoms with E-state index in [-0.39, 0.29) is 0 Å². The van der Waals surface area contributed by atoms with E-state index < -0.39 is 0 Å². The molecule has 1 N–H and O–H groups in total. The van der Waals surface area contributed by atoms with Crippen LogP contribution in [0.4, 0.5) is 0 Å². The first-order valence-electron chi connectivity index (χ1n) is 3.81. The number of nitrogens with zero attached hydrogens (tertiary/aromatic N) is 2. The third-order valence-corrected chi connectivity index (χ3v) is 2.50. The van der Waals surface area contributed by atoms with Crippen molar-refractivity contribution in [2.45, 2.75) is 6.42 Å². The molecule has 0 aliphatic heterocycles. The van der Waals surface area contributed by atoms with E-state index in [0.717, 1.165) is 21.1 Å². The minimum Gasteiger partial charge on any atom is -0.270 e. The lowest BCUT2D eigenvalue weighted by molar-refractivity contribution is 1.09. The molecule has 2 aromatic rings. The fourth-order valence-electron chi connectivity index (χ4n) is 1.29. The van der Waals surface area contributed by atoms with Crippen LogP contribution in [0, 0.1) is 11.3 Å². The zero-order chi connectivity index (χ0) is 9.26. The number of nitriles is 1. The number of hydrogen-bond acceptors (Lipinski definition) is 2. The lowest BCUT2D eigenvalue weighted by Gasteiger charge is -1.94. The number of aromatic amines is 1. The number of halogens is 1. The first-order valence-corrected chi connectivity index (χ1v) is 4.60. The van der Waals surface area contributed by atoms with Crippen molar-refractivity contribution in [3.05, 3.63) is 28.4 Å². The summed E-state index contributed by atoms with van der Waals surface area (Å²) < 4.78 is 0.863. The van der Waals surface area contributed by atoms with Crippen LogP contribution in [-0.2, 0) is 6.42 Å². The molecule has 4 heteroatoms. The highest BCUT2D eigenvalue weighted by Gasteiger charge is 2.05. The minimum absolute atomic E-state index is 0.397. The molecule has 0 unspecified atom stereocenters. The van der Waals surface area contributed by atoms with E-state index in [9.17, 15) is 0 Å². The predicted molar refractivity (Wildman–Crippen MR) is 53.1 cm³/mol. The largest absolute Gasteiger partial charge is 0.270 e. The summed E-state index contributed by atoms with van der Waals surface area (Å²) in [5, 5.41) is 16.6. The van der Waals surface area contributed by atoms with Gasteiger partial charge in [0.1, 0.15) is 4.60 Å². The maximum absolute atomic E-state index is 8.59. The summed E-state index contributed by atoms with van der Waals surface area (Å²) in [4.78, 5) is 0. The van der Waals surface area contributed by atoms with Gasteiger partial charge in [0.25, 0.3) is 0 Å². The average molecular weight is 236 g/mol. The molecule has 0 saturated heterocycles. The van der Waals surface area contributed by atoms with Crippen LogP contribution in [0.5, 0.6) is 0 Å². The van der Waals surface area contributed by atoms with Crippen molar-refractivity contribution >= 4 is 26.8 Å². The Morgan fingerprint density at radius 1 is 1.54 bits per heavy atom. The highest BCUT2D eigenvalue weighted by Crippen LogP contribution is 2.23. The maximum Gasteiger partial charge on any atom is 0.108 e. The second-order valence-corrected chi connectivity index (χ2v) is 3.48. The number of rotatable bonds is 1. The van der Waals surface area contributed by atoms with Gasteiger partial charge in [-0.05, 0) is 21.5 Å². The van der Waals surface area contributed by atoms with Gasteiger partial charge in [-0.2, -0.15) is 10.4 Å². The smallest absolute Gasteiger partial charge is 0.108 e. The Kier molecular flexibility index (Phi) is 2.03. The van der Waals surface area contributed by atoms with Gasteiger partial charge in [-0.1, -0.05) is 18.2 Å². The molecule has 64 valence electrons. The molecule has 0 radical (unpaired) electrons. The monoisotopic (exact) mass is 235 g/mol. The Morgan fingerprint density at radius 2 is 2.38 bits per heavy atom. The Morgan fingerprint density at radius 3 is 3.15 bits per heavy atom. The first-order chi connectivity index (χ1) is 6.33. The van der Waals surface area contributed by atoms with Crippen LogP contribution in [0.2, 0.25) is 0 Å². The van der Waals surface area contributed by atoms with Gasteiger partial charge in [0.2, 0.25) is 0 Å². The van der Waals surface area contributed by atoms with Crippen LogP contribution in [0.15, 0.2) is 22.8 Å². The summed E-state index contributed by atoms with van der Waals surface area (Å²) in [6, 6.07) is 7.92. The van der Waals surface area contributed by atoms with Gasteiger partial charge in [-0.25, -0.2) is 0 Å². The third-order valence-electron chi connectivity index (χ3n) is 1.89. The molecule has 0 aliphatic rings. The molecule has 0 bridgehead atoms. The normalized spacial score (nSPS) is 10.2. The number of H-pyrrole nitrogens is 1. The molecule has 0 aliphatic carbocycles. The Labute approximate surface area is 83.5 Å². The number of aromatic nitrogens is 2. The molecule has 3 nitrogen and oxygen atoms in total. The van der Waals surface area contributed by atoms with Crippen molar-refractivity contribution in [2.24, 2.45) is 0 Å². The fraction of sp³-hybridized carbons (Fsp3) is 0.111. The summed E-state index contributed by atoms with van der Waals surface area (Å²) in [5.74, 6) is 0. The van der Waals surface area contributed by atoms with Crippen molar-refractivity contribution in [1.82, 2.24) is 10.2 Å². The fourth-order valence-corrected chi connectivity index (χ4v) is 1.70. The number of para-hydroxylation sites is 1. The van der Waals surface area contributed by atoms with Crippen molar-refractivity contribution < 1.29 is 0 Å². The van der Waals surface area contributed by atoms with Crippen LogP contribution in [0.3, 0.4) is 0 Å². The van der Waals surface area contributed by atoms with Gasteiger partial charge in [0, 0.05) is 5.39 Å². The van der Waals surface area contributed by atoms with Gasteiger partial charge < -0.3 is 0 Å².